The summed E-state index contributed by atoms with van der Waals surface area (Å²) in [6.07, 6.45) is 3.47. The maximum atomic E-state index is 13.3. The van der Waals surface area contributed by atoms with Gasteiger partial charge in [-0.3, -0.25) is 4.90 Å². The molecule has 1 fully saturated rings. The van der Waals surface area contributed by atoms with Crippen molar-refractivity contribution in [2.24, 2.45) is 0 Å². The van der Waals surface area contributed by atoms with Crippen molar-refractivity contribution in [2.75, 3.05) is 13.1 Å². The van der Waals surface area contributed by atoms with Crippen LogP contribution in [0.5, 0.6) is 0 Å². The molecule has 0 bridgehead atoms. The van der Waals surface area contributed by atoms with Crippen LogP contribution in [-0.4, -0.2) is 36.1 Å². The highest BCUT2D eigenvalue weighted by Gasteiger charge is 2.23. The highest BCUT2D eigenvalue weighted by molar-refractivity contribution is 5.17. The fraction of sp³-hybridized carbons (Fsp3) is 0.647. The average Bonchev–Trinajstić information content (AvgIpc) is 2.88. The third-order valence-corrected chi connectivity index (χ3v) is 4.24. The summed E-state index contributed by atoms with van der Waals surface area (Å²) in [7, 11) is 0. The third kappa shape index (κ3) is 4.29. The van der Waals surface area contributed by atoms with E-state index in [2.05, 4.69) is 31.0 Å². The molecule has 0 spiro atoms. The monoisotopic (exact) mass is 278 g/mol. The fourth-order valence-corrected chi connectivity index (χ4v) is 3.19. The molecule has 20 heavy (non-hydrogen) atoms. The van der Waals surface area contributed by atoms with Gasteiger partial charge in [0, 0.05) is 24.7 Å². The summed E-state index contributed by atoms with van der Waals surface area (Å²) in [6, 6.07) is 8.55. The molecular formula is C17H27FN2. The van der Waals surface area contributed by atoms with Gasteiger partial charge in [0.25, 0.3) is 0 Å². The van der Waals surface area contributed by atoms with Crippen molar-refractivity contribution in [3.63, 3.8) is 0 Å². The fourth-order valence-electron chi connectivity index (χ4n) is 3.19. The lowest BCUT2D eigenvalue weighted by Crippen LogP contribution is -2.46. The van der Waals surface area contributed by atoms with E-state index in [0.717, 1.165) is 25.1 Å². The lowest BCUT2D eigenvalue weighted by molar-refractivity contribution is 0.148. The molecule has 1 aliphatic rings. The molecule has 0 aliphatic carbocycles. The maximum Gasteiger partial charge on any atom is 0.123 e. The minimum Gasteiger partial charge on any atom is -0.313 e. The molecule has 2 nitrogen and oxygen atoms in total. The second kappa shape index (κ2) is 7.19. The van der Waals surface area contributed by atoms with E-state index in [0.29, 0.717) is 18.1 Å². The smallest absolute Gasteiger partial charge is 0.123 e. The molecule has 0 aromatic heterocycles. The molecule has 2 rings (SSSR count). The van der Waals surface area contributed by atoms with Gasteiger partial charge in [-0.1, -0.05) is 12.1 Å². The first-order valence-electron chi connectivity index (χ1n) is 7.80. The second-order valence-corrected chi connectivity index (χ2v) is 6.27. The standard InChI is InChI=1S/C17H27FN2/c1-13(2)20(12-17-8-5-9-19-17)14(3)10-15-6-4-7-16(18)11-15/h4,6-7,11,13-14,17,19H,5,8-10,12H2,1-3H3. The van der Waals surface area contributed by atoms with Crippen molar-refractivity contribution in [3.05, 3.63) is 35.6 Å². The van der Waals surface area contributed by atoms with Crippen molar-refractivity contribution < 1.29 is 4.39 Å². The molecule has 1 saturated heterocycles. The number of hydrogen-bond donors (Lipinski definition) is 1. The molecule has 0 radical (unpaired) electrons. The Labute approximate surface area is 122 Å². The Bertz CT molecular complexity index is 413. The minimum atomic E-state index is -0.136. The predicted molar refractivity (Wildman–Crippen MR) is 82.4 cm³/mol. The van der Waals surface area contributed by atoms with E-state index in [9.17, 15) is 4.39 Å². The van der Waals surface area contributed by atoms with Crippen LogP contribution in [0.4, 0.5) is 4.39 Å². The molecule has 112 valence electrons. The average molecular weight is 278 g/mol. The molecule has 1 heterocycles. The first-order valence-corrected chi connectivity index (χ1v) is 7.80. The van der Waals surface area contributed by atoms with Gasteiger partial charge in [0.1, 0.15) is 5.82 Å². The van der Waals surface area contributed by atoms with E-state index in [1.54, 1.807) is 12.1 Å². The topological polar surface area (TPSA) is 15.3 Å². The van der Waals surface area contributed by atoms with E-state index in [4.69, 9.17) is 0 Å². The minimum absolute atomic E-state index is 0.136. The van der Waals surface area contributed by atoms with Crippen LogP contribution in [0.25, 0.3) is 0 Å². The van der Waals surface area contributed by atoms with Crippen molar-refractivity contribution in [1.82, 2.24) is 10.2 Å². The van der Waals surface area contributed by atoms with Gasteiger partial charge in [0.05, 0.1) is 0 Å². The molecule has 1 N–H and O–H groups in total. The van der Waals surface area contributed by atoms with Crippen LogP contribution in [0.2, 0.25) is 0 Å². The van der Waals surface area contributed by atoms with Gasteiger partial charge < -0.3 is 5.32 Å². The van der Waals surface area contributed by atoms with Crippen molar-refractivity contribution >= 4 is 0 Å². The van der Waals surface area contributed by atoms with Crippen LogP contribution in [0.1, 0.15) is 39.2 Å². The first kappa shape index (κ1) is 15.5. The van der Waals surface area contributed by atoms with Crippen LogP contribution >= 0.6 is 0 Å². The Morgan fingerprint density at radius 1 is 1.35 bits per heavy atom. The summed E-state index contributed by atoms with van der Waals surface area (Å²) in [5.74, 6) is -0.136. The van der Waals surface area contributed by atoms with E-state index in [-0.39, 0.29) is 5.82 Å². The highest BCUT2D eigenvalue weighted by Crippen LogP contribution is 2.16. The Kier molecular flexibility index (Phi) is 5.55. The second-order valence-electron chi connectivity index (χ2n) is 6.27. The Morgan fingerprint density at radius 2 is 2.15 bits per heavy atom. The molecular weight excluding hydrogens is 251 g/mol. The summed E-state index contributed by atoms with van der Waals surface area (Å²) in [5, 5.41) is 3.57. The van der Waals surface area contributed by atoms with Gasteiger partial charge in [-0.2, -0.15) is 0 Å². The number of hydrogen-bond acceptors (Lipinski definition) is 2. The van der Waals surface area contributed by atoms with Gasteiger partial charge >= 0.3 is 0 Å². The van der Waals surface area contributed by atoms with Crippen molar-refractivity contribution in [1.29, 1.82) is 0 Å². The highest BCUT2D eigenvalue weighted by atomic mass is 19.1. The van der Waals surface area contributed by atoms with E-state index in [1.165, 1.54) is 18.9 Å². The quantitative estimate of drug-likeness (QED) is 0.859. The number of benzene rings is 1. The zero-order chi connectivity index (χ0) is 14.5. The molecule has 1 aromatic rings. The molecule has 0 amide bonds. The summed E-state index contributed by atoms with van der Waals surface area (Å²) in [6.45, 7) is 8.98. The molecule has 2 unspecified atom stereocenters. The van der Waals surface area contributed by atoms with Gasteiger partial charge in [0.2, 0.25) is 0 Å². The van der Waals surface area contributed by atoms with E-state index >= 15 is 0 Å². The zero-order valence-corrected chi connectivity index (χ0v) is 12.9. The predicted octanol–water partition coefficient (Wildman–Crippen LogP) is 3.22. The van der Waals surface area contributed by atoms with Crippen LogP contribution < -0.4 is 5.32 Å². The van der Waals surface area contributed by atoms with Crippen molar-refractivity contribution in [2.45, 2.75) is 58.2 Å². The zero-order valence-electron chi connectivity index (χ0n) is 12.9. The molecule has 1 aromatic carbocycles. The van der Waals surface area contributed by atoms with Crippen LogP contribution in [0, 0.1) is 5.82 Å². The largest absolute Gasteiger partial charge is 0.313 e. The normalized spacial score (nSPS) is 20.8. The maximum absolute atomic E-state index is 13.3. The van der Waals surface area contributed by atoms with E-state index < -0.39 is 0 Å². The molecule has 3 heteroatoms. The van der Waals surface area contributed by atoms with Gasteiger partial charge in [-0.15, -0.1) is 0 Å². The summed E-state index contributed by atoms with van der Waals surface area (Å²) < 4.78 is 13.3. The number of halogens is 1. The van der Waals surface area contributed by atoms with Gasteiger partial charge in [0.15, 0.2) is 0 Å². The summed E-state index contributed by atoms with van der Waals surface area (Å²) >= 11 is 0. The van der Waals surface area contributed by atoms with Crippen molar-refractivity contribution in [3.8, 4) is 0 Å². The van der Waals surface area contributed by atoms with Gasteiger partial charge in [-0.05, 0) is 64.3 Å². The summed E-state index contributed by atoms with van der Waals surface area (Å²) in [5.41, 5.74) is 1.09. The molecule has 2 atom stereocenters. The lowest BCUT2D eigenvalue weighted by Gasteiger charge is -2.35. The first-order chi connectivity index (χ1) is 9.56. The molecule has 1 aliphatic heterocycles. The Hall–Kier alpha value is -0.930. The number of nitrogens with one attached hydrogen (secondary N) is 1. The molecule has 0 saturated carbocycles. The third-order valence-electron chi connectivity index (χ3n) is 4.24. The summed E-state index contributed by atoms with van der Waals surface area (Å²) in [4.78, 5) is 2.54. The van der Waals surface area contributed by atoms with Crippen LogP contribution in [0.3, 0.4) is 0 Å². The SMILES string of the molecule is CC(C)N(CC1CCCN1)C(C)Cc1cccc(F)c1. The van der Waals surface area contributed by atoms with Crippen LogP contribution in [0.15, 0.2) is 24.3 Å². The van der Waals surface area contributed by atoms with E-state index in [1.807, 2.05) is 6.07 Å². The van der Waals surface area contributed by atoms with Gasteiger partial charge in [-0.25, -0.2) is 4.39 Å². The Morgan fingerprint density at radius 3 is 2.75 bits per heavy atom. The number of nitrogens with zero attached hydrogens (tertiary/aromatic N) is 1. The van der Waals surface area contributed by atoms with Crippen LogP contribution in [-0.2, 0) is 6.42 Å². The lowest BCUT2D eigenvalue weighted by atomic mass is 10.0. The number of rotatable bonds is 6. The Balaban J connectivity index is 1.97.